The maximum atomic E-state index is 12.1. The number of benzene rings is 1. The Balaban J connectivity index is 3.00. The summed E-state index contributed by atoms with van der Waals surface area (Å²) in [5, 5.41) is 13.1. The number of carbonyl (C=O) groups is 1. The number of amides is 1. The highest BCUT2D eigenvalue weighted by molar-refractivity contribution is 7.95. The Morgan fingerprint density at radius 1 is 1.43 bits per heavy atom. The van der Waals surface area contributed by atoms with Gasteiger partial charge in [-0.25, -0.2) is 0 Å². The fourth-order valence-electron chi connectivity index (χ4n) is 1.19. The number of nitro groups is 1. The Hall–Kier alpha value is -1.97. The van der Waals surface area contributed by atoms with Crippen LogP contribution in [-0.4, -0.2) is 16.3 Å². The van der Waals surface area contributed by atoms with Crippen molar-refractivity contribution in [1.82, 2.24) is 0 Å². The average molecular weight is 324 g/mol. The Kier molecular flexibility index (Phi) is 5.41. The number of alkyl halides is 3. The van der Waals surface area contributed by atoms with Crippen LogP contribution in [0.5, 0.6) is 5.75 Å². The van der Waals surface area contributed by atoms with Crippen LogP contribution < -0.4 is 9.50 Å². The van der Waals surface area contributed by atoms with Crippen molar-refractivity contribution in [3.63, 3.8) is 0 Å². The molecule has 6 nitrogen and oxygen atoms in total. The normalized spacial score (nSPS) is 11.3. The summed E-state index contributed by atoms with van der Waals surface area (Å²) in [4.78, 5) is 21.3. The van der Waals surface area contributed by atoms with Crippen LogP contribution in [-0.2, 0) is 4.79 Å². The van der Waals surface area contributed by atoms with Gasteiger partial charge in [-0.15, -0.1) is 0 Å². The fraction of sp³-hybridized carbons (Fsp3) is 0.364. The van der Waals surface area contributed by atoms with Crippen molar-refractivity contribution in [3.05, 3.63) is 28.3 Å². The zero-order chi connectivity index (χ0) is 16.2. The van der Waals surface area contributed by atoms with Crippen molar-refractivity contribution in [2.45, 2.75) is 19.4 Å². The van der Waals surface area contributed by atoms with Crippen LogP contribution in [0.1, 0.15) is 13.8 Å². The summed E-state index contributed by atoms with van der Waals surface area (Å²) in [5.41, 5.74) is -5.23. The summed E-state index contributed by atoms with van der Waals surface area (Å²) >= 11 is -0.865. The van der Waals surface area contributed by atoms with Crippen LogP contribution in [0.15, 0.2) is 18.2 Å². The zero-order valence-electron chi connectivity index (χ0n) is 10.9. The minimum atomic E-state index is -4.70. The van der Waals surface area contributed by atoms with Gasteiger partial charge in [-0.3, -0.25) is 14.9 Å². The van der Waals surface area contributed by atoms with Gasteiger partial charge in [0.1, 0.15) is 0 Å². The lowest BCUT2D eigenvalue weighted by atomic mass is 10.2. The number of halogens is 3. The van der Waals surface area contributed by atoms with Gasteiger partial charge in [0.25, 0.3) is 0 Å². The van der Waals surface area contributed by atoms with Crippen LogP contribution in [0.2, 0.25) is 0 Å². The second-order valence-electron chi connectivity index (χ2n) is 4.20. The number of rotatable bonds is 5. The molecular weight excluding hydrogens is 313 g/mol. The molecule has 0 unspecified atom stereocenters. The second kappa shape index (κ2) is 6.66. The van der Waals surface area contributed by atoms with Crippen molar-refractivity contribution in [2.75, 3.05) is 5.32 Å². The average Bonchev–Trinajstić information content (AvgIpc) is 2.35. The number of nitro benzene ring substituents is 1. The van der Waals surface area contributed by atoms with E-state index in [0.29, 0.717) is 0 Å². The van der Waals surface area contributed by atoms with Gasteiger partial charge in [0, 0.05) is 23.7 Å². The summed E-state index contributed by atoms with van der Waals surface area (Å²) in [6, 6.07) is 3.14. The van der Waals surface area contributed by atoms with Gasteiger partial charge in [0.15, 0.2) is 12.0 Å². The van der Waals surface area contributed by atoms with E-state index in [9.17, 15) is 28.1 Å². The van der Waals surface area contributed by atoms with Gasteiger partial charge in [0.05, 0.1) is 4.92 Å². The minimum absolute atomic E-state index is 0.108. The topological polar surface area (TPSA) is 81.5 Å². The molecule has 0 radical (unpaired) electrons. The summed E-state index contributed by atoms with van der Waals surface area (Å²) in [5.74, 6) is -1.32. The van der Waals surface area contributed by atoms with E-state index in [4.69, 9.17) is 0 Å². The molecule has 0 aliphatic carbocycles. The Labute approximate surface area is 122 Å². The van der Waals surface area contributed by atoms with Crippen LogP contribution in [0.4, 0.5) is 24.5 Å². The first-order valence-corrected chi connectivity index (χ1v) is 6.36. The minimum Gasteiger partial charge on any atom is -0.410 e. The number of nitrogens with zero attached hydrogens (tertiary/aromatic N) is 1. The smallest absolute Gasteiger partial charge is 0.410 e. The van der Waals surface area contributed by atoms with Gasteiger partial charge in [-0.1, -0.05) is 13.8 Å². The van der Waals surface area contributed by atoms with E-state index in [0.717, 1.165) is 12.1 Å². The van der Waals surface area contributed by atoms with Crippen LogP contribution in [0, 0.1) is 16.0 Å². The van der Waals surface area contributed by atoms with E-state index >= 15 is 0 Å². The molecule has 0 aliphatic heterocycles. The third-order valence-corrected chi connectivity index (χ3v) is 2.63. The molecule has 10 heteroatoms. The summed E-state index contributed by atoms with van der Waals surface area (Å²) < 4.78 is 40.6. The highest BCUT2D eigenvalue weighted by Crippen LogP contribution is 2.38. The Morgan fingerprint density at radius 3 is 2.52 bits per heavy atom. The second-order valence-corrected chi connectivity index (χ2v) is 4.99. The Bertz CT molecular complexity index is 549. The molecule has 21 heavy (non-hydrogen) atoms. The summed E-state index contributed by atoms with van der Waals surface area (Å²) in [6.45, 7) is 3.25. The molecule has 0 atom stereocenters. The van der Waals surface area contributed by atoms with E-state index in [1.807, 2.05) is 0 Å². The van der Waals surface area contributed by atoms with Crippen LogP contribution in [0.25, 0.3) is 0 Å². The first-order chi connectivity index (χ1) is 9.60. The number of nitrogens with one attached hydrogen (secondary N) is 1. The van der Waals surface area contributed by atoms with Crippen LogP contribution in [0.3, 0.4) is 0 Å². The first kappa shape index (κ1) is 17.1. The van der Waals surface area contributed by atoms with E-state index < -0.39 is 33.9 Å². The van der Waals surface area contributed by atoms with Gasteiger partial charge >= 0.3 is 11.2 Å². The predicted octanol–water partition coefficient (Wildman–Crippen LogP) is 3.74. The maximum Gasteiger partial charge on any atom is 0.479 e. The number of hydrogen-bond donors (Lipinski definition) is 1. The zero-order valence-corrected chi connectivity index (χ0v) is 11.7. The van der Waals surface area contributed by atoms with Crippen LogP contribution >= 0.6 is 12.0 Å². The molecule has 1 N–H and O–H groups in total. The summed E-state index contributed by atoms with van der Waals surface area (Å²) in [7, 11) is 0. The number of carbonyl (C=O) groups excluding carboxylic acids is 1. The lowest BCUT2D eigenvalue weighted by molar-refractivity contribution is -0.385. The monoisotopic (exact) mass is 324 g/mol. The quantitative estimate of drug-likeness (QED) is 0.507. The molecule has 0 saturated heterocycles. The van der Waals surface area contributed by atoms with E-state index in [-0.39, 0.29) is 17.5 Å². The molecule has 1 aromatic rings. The number of hydrogen-bond acceptors (Lipinski definition) is 5. The highest BCUT2D eigenvalue weighted by Gasteiger charge is 2.33. The molecule has 0 saturated carbocycles. The molecule has 0 heterocycles. The van der Waals surface area contributed by atoms with Crippen molar-refractivity contribution >= 4 is 29.3 Å². The maximum absolute atomic E-state index is 12.1. The van der Waals surface area contributed by atoms with E-state index in [1.165, 1.54) is 6.07 Å². The van der Waals surface area contributed by atoms with Gasteiger partial charge in [-0.05, 0) is 6.07 Å². The molecule has 0 fully saturated rings. The third-order valence-electron chi connectivity index (χ3n) is 2.17. The molecule has 0 spiro atoms. The van der Waals surface area contributed by atoms with Crippen molar-refractivity contribution in [3.8, 4) is 5.75 Å². The van der Waals surface area contributed by atoms with Crippen molar-refractivity contribution in [2.24, 2.45) is 5.92 Å². The molecule has 0 aromatic heterocycles. The van der Waals surface area contributed by atoms with Crippen molar-refractivity contribution < 1.29 is 27.1 Å². The lowest BCUT2D eigenvalue weighted by Crippen LogP contribution is -2.17. The molecule has 1 aromatic carbocycles. The largest absolute Gasteiger partial charge is 0.479 e. The van der Waals surface area contributed by atoms with Gasteiger partial charge < -0.3 is 9.50 Å². The van der Waals surface area contributed by atoms with E-state index in [2.05, 4.69) is 9.50 Å². The number of anilines is 1. The first-order valence-electron chi connectivity index (χ1n) is 5.62. The molecular formula is C11H11F3N2O4S. The fourth-order valence-corrected chi connectivity index (χ4v) is 1.51. The lowest BCUT2D eigenvalue weighted by Gasteiger charge is -2.10. The third kappa shape index (κ3) is 5.50. The molecule has 0 aliphatic rings. The van der Waals surface area contributed by atoms with Gasteiger partial charge in [-0.2, -0.15) is 13.2 Å². The Morgan fingerprint density at radius 2 is 2.05 bits per heavy atom. The van der Waals surface area contributed by atoms with Crippen molar-refractivity contribution in [1.29, 1.82) is 0 Å². The summed E-state index contributed by atoms with van der Waals surface area (Å²) in [6.07, 6.45) is 0. The van der Waals surface area contributed by atoms with E-state index in [1.54, 1.807) is 13.8 Å². The van der Waals surface area contributed by atoms with Gasteiger partial charge in [0.2, 0.25) is 11.7 Å². The standard InChI is InChI=1S/C11H11F3N2O4S/c1-6(2)10(17)15-7-3-4-8(16(18)19)9(5-7)20-21-11(12,13)14/h3-6H,1-2H3,(H,15,17). The molecule has 116 valence electrons. The molecule has 1 amide bonds. The predicted molar refractivity (Wildman–Crippen MR) is 70.8 cm³/mol. The molecule has 1 rings (SSSR count). The highest BCUT2D eigenvalue weighted by atomic mass is 32.2. The molecule has 0 bridgehead atoms. The SMILES string of the molecule is CC(C)C(=O)Nc1ccc([N+](=O)[O-])c(OSC(F)(F)F)c1.